The Kier molecular flexibility index (Phi) is 4.44. The van der Waals surface area contributed by atoms with Crippen LogP contribution in [0.3, 0.4) is 0 Å². The van der Waals surface area contributed by atoms with E-state index < -0.39 is 5.56 Å². The number of aromatic nitrogens is 2. The summed E-state index contributed by atoms with van der Waals surface area (Å²) in [6.07, 6.45) is 2.37. The summed E-state index contributed by atoms with van der Waals surface area (Å²) in [7, 11) is 0. The van der Waals surface area contributed by atoms with Gasteiger partial charge in [-0.3, -0.25) is 9.59 Å². The minimum Gasteiger partial charge on any atom is -0.367 e. The first kappa shape index (κ1) is 15.1. The number of aromatic amines is 1. The summed E-state index contributed by atoms with van der Waals surface area (Å²) in [5.41, 5.74) is 0.958. The zero-order valence-corrected chi connectivity index (χ0v) is 13.4. The SMILES string of the molecule is O=C(c1ccsc1)N1CCCN(c2cn[nH]c(=O)c2Cl)CC1. The van der Waals surface area contributed by atoms with Crippen LogP contribution in [-0.4, -0.2) is 47.2 Å². The Morgan fingerprint density at radius 1 is 1.32 bits per heavy atom. The lowest BCUT2D eigenvalue weighted by Gasteiger charge is -2.23. The number of H-pyrrole nitrogens is 1. The van der Waals surface area contributed by atoms with Gasteiger partial charge >= 0.3 is 0 Å². The maximum Gasteiger partial charge on any atom is 0.285 e. The summed E-state index contributed by atoms with van der Waals surface area (Å²) >= 11 is 7.57. The van der Waals surface area contributed by atoms with Crippen LogP contribution in [0.4, 0.5) is 5.69 Å². The highest BCUT2D eigenvalue weighted by atomic mass is 35.5. The molecule has 6 nitrogen and oxygen atoms in total. The third-order valence-electron chi connectivity index (χ3n) is 3.67. The molecule has 1 aliphatic rings. The molecule has 22 heavy (non-hydrogen) atoms. The fourth-order valence-corrected chi connectivity index (χ4v) is 3.37. The zero-order chi connectivity index (χ0) is 15.5. The molecule has 0 radical (unpaired) electrons. The molecule has 8 heteroatoms. The first-order valence-electron chi connectivity index (χ1n) is 6.96. The number of amides is 1. The monoisotopic (exact) mass is 338 g/mol. The van der Waals surface area contributed by atoms with Gasteiger partial charge in [-0.05, 0) is 17.9 Å². The predicted molar refractivity (Wildman–Crippen MR) is 86.9 cm³/mol. The lowest BCUT2D eigenvalue weighted by atomic mass is 10.3. The highest BCUT2D eigenvalue weighted by molar-refractivity contribution is 7.08. The van der Waals surface area contributed by atoms with Crippen LogP contribution < -0.4 is 10.5 Å². The van der Waals surface area contributed by atoms with Crippen molar-refractivity contribution in [1.29, 1.82) is 0 Å². The van der Waals surface area contributed by atoms with Crippen molar-refractivity contribution < 1.29 is 4.79 Å². The summed E-state index contributed by atoms with van der Waals surface area (Å²) in [6.45, 7) is 2.65. The third-order valence-corrected chi connectivity index (χ3v) is 4.72. The Labute approximate surface area is 136 Å². The molecule has 3 rings (SSSR count). The van der Waals surface area contributed by atoms with Gasteiger partial charge in [0.2, 0.25) is 0 Å². The largest absolute Gasteiger partial charge is 0.367 e. The van der Waals surface area contributed by atoms with Gasteiger partial charge in [0.1, 0.15) is 5.02 Å². The van der Waals surface area contributed by atoms with Crippen LogP contribution >= 0.6 is 22.9 Å². The van der Waals surface area contributed by atoms with Crippen LogP contribution in [0.1, 0.15) is 16.8 Å². The van der Waals surface area contributed by atoms with Crippen molar-refractivity contribution in [3.8, 4) is 0 Å². The fourth-order valence-electron chi connectivity index (χ4n) is 2.52. The van der Waals surface area contributed by atoms with Gasteiger partial charge in [0.25, 0.3) is 11.5 Å². The van der Waals surface area contributed by atoms with Crippen LogP contribution in [0.15, 0.2) is 27.8 Å². The lowest BCUT2D eigenvalue weighted by Crippen LogP contribution is -2.35. The molecule has 2 aromatic rings. The minimum absolute atomic E-state index is 0.0539. The molecule has 1 aliphatic heterocycles. The summed E-state index contributed by atoms with van der Waals surface area (Å²) in [5, 5.41) is 10.0. The van der Waals surface area contributed by atoms with E-state index >= 15 is 0 Å². The van der Waals surface area contributed by atoms with Crippen molar-refractivity contribution in [2.45, 2.75) is 6.42 Å². The number of nitrogens with zero attached hydrogens (tertiary/aromatic N) is 3. The molecule has 116 valence electrons. The number of anilines is 1. The second kappa shape index (κ2) is 6.50. The highest BCUT2D eigenvalue weighted by Crippen LogP contribution is 2.22. The molecule has 0 saturated carbocycles. The second-order valence-corrected chi connectivity index (χ2v) is 6.20. The van der Waals surface area contributed by atoms with Gasteiger partial charge in [0, 0.05) is 31.6 Å². The number of hydrogen-bond acceptors (Lipinski definition) is 5. The van der Waals surface area contributed by atoms with Crippen molar-refractivity contribution >= 4 is 34.5 Å². The molecule has 0 unspecified atom stereocenters. The smallest absolute Gasteiger partial charge is 0.285 e. The van der Waals surface area contributed by atoms with Gasteiger partial charge < -0.3 is 9.80 Å². The molecular weight excluding hydrogens is 324 g/mol. The molecule has 0 bridgehead atoms. The minimum atomic E-state index is -0.394. The second-order valence-electron chi connectivity index (χ2n) is 5.04. The maximum atomic E-state index is 12.4. The van der Waals surface area contributed by atoms with Crippen LogP contribution in [0.2, 0.25) is 5.02 Å². The molecule has 0 aliphatic carbocycles. The van der Waals surface area contributed by atoms with Crippen molar-refractivity contribution in [2.24, 2.45) is 0 Å². The molecule has 1 N–H and O–H groups in total. The van der Waals surface area contributed by atoms with E-state index in [1.165, 1.54) is 11.3 Å². The van der Waals surface area contributed by atoms with Crippen LogP contribution in [0, 0.1) is 0 Å². The van der Waals surface area contributed by atoms with E-state index in [1.54, 1.807) is 6.20 Å². The lowest BCUT2D eigenvalue weighted by molar-refractivity contribution is 0.0767. The quantitative estimate of drug-likeness (QED) is 0.907. The van der Waals surface area contributed by atoms with Crippen molar-refractivity contribution in [2.75, 3.05) is 31.1 Å². The molecule has 1 fully saturated rings. The Bertz CT molecular complexity index is 716. The zero-order valence-electron chi connectivity index (χ0n) is 11.8. The molecule has 0 aromatic carbocycles. The van der Waals surface area contributed by atoms with E-state index in [2.05, 4.69) is 10.2 Å². The molecule has 1 amide bonds. The van der Waals surface area contributed by atoms with Crippen LogP contribution in [0.5, 0.6) is 0 Å². The molecule has 2 aromatic heterocycles. The average Bonchev–Trinajstić information content (AvgIpc) is 2.94. The van der Waals surface area contributed by atoms with Gasteiger partial charge in [-0.1, -0.05) is 11.6 Å². The third kappa shape index (κ3) is 3.00. The summed E-state index contributed by atoms with van der Waals surface area (Å²) in [5.74, 6) is 0.0539. The van der Waals surface area contributed by atoms with Crippen LogP contribution in [0.25, 0.3) is 0 Å². The Morgan fingerprint density at radius 3 is 2.95 bits per heavy atom. The van der Waals surface area contributed by atoms with Crippen molar-refractivity contribution in [3.63, 3.8) is 0 Å². The Balaban J connectivity index is 1.74. The van der Waals surface area contributed by atoms with Gasteiger partial charge in [0.05, 0.1) is 17.4 Å². The number of thiophene rings is 1. The van der Waals surface area contributed by atoms with Crippen molar-refractivity contribution in [3.05, 3.63) is 44.0 Å². The number of nitrogens with one attached hydrogen (secondary N) is 1. The fraction of sp³-hybridized carbons (Fsp3) is 0.357. The first-order chi connectivity index (χ1) is 10.7. The van der Waals surface area contributed by atoms with E-state index in [0.717, 1.165) is 18.5 Å². The predicted octanol–water partition coefficient (Wildman–Crippen LogP) is 1.84. The number of carbonyl (C=O) groups is 1. The van der Waals surface area contributed by atoms with Crippen LogP contribution in [-0.2, 0) is 0 Å². The van der Waals surface area contributed by atoms with E-state index in [1.807, 2.05) is 26.6 Å². The van der Waals surface area contributed by atoms with E-state index in [9.17, 15) is 9.59 Å². The van der Waals surface area contributed by atoms with Gasteiger partial charge in [-0.25, -0.2) is 5.10 Å². The molecular formula is C14H15ClN4O2S. The molecule has 0 atom stereocenters. The van der Waals surface area contributed by atoms with Gasteiger partial charge in [-0.15, -0.1) is 0 Å². The van der Waals surface area contributed by atoms with E-state index in [-0.39, 0.29) is 10.9 Å². The van der Waals surface area contributed by atoms with Crippen molar-refractivity contribution in [1.82, 2.24) is 15.1 Å². The van der Waals surface area contributed by atoms with E-state index in [0.29, 0.717) is 25.3 Å². The Morgan fingerprint density at radius 2 is 2.18 bits per heavy atom. The standard InChI is InChI=1S/C14H15ClN4O2S/c15-12-11(8-16-17-13(12)20)18-3-1-4-19(6-5-18)14(21)10-2-7-22-9-10/h2,7-9H,1,3-6H2,(H,17,20). The normalized spacial score (nSPS) is 15.7. The number of hydrogen-bond donors (Lipinski definition) is 1. The highest BCUT2D eigenvalue weighted by Gasteiger charge is 2.22. The first-order valence-corrected chi connectivity index (χ1v) is 8.28. The van der Waals surface area contributed by atoms with E-state index in [4.69, 9.17) is 11.6 Å². The summed E-state index contributed by atoms with van der Waals surface area (Å²) in [6, 6.07) is 1.84. The molecule has 1 saturated heterocycles. The maximum absolute atomic E-state index is 12.4. The molecule has 3 heterocycles. The summed E-state index contributed by atoms with van der Waals surface area (Å²) in [4.78, 5) is 27.8. The number of carbonyl (C=O) groups excluding carboxylic acids is 1. The topological polar surface area (TPSA) is 69.3 Å². The Hall–Kier alpha value is -1.86. The molecule has 0 spiro atoms. The summed E-state index contributed by atoms with van der Waals surface area (Å²) < 4.78 is 0. The number of rotatable bonds is 2. The van der Waals surface area contributed by atoms with Gasteiger partial charge in [-0.2, -0.15) is 16.4 Å². The number of halogens is 1. The average molecular weight is 339 g/mol. The van der Waals surface area contributed by atoms with Gasteiger partial charge in [0.15, 0.2) is 0 Å².